The third kappa shape index (κ3) is 5.01. The number of carbonyl (C=O) groups excluding carboxylic acids is 1. The first-order valence-electron chi connectivity index (χ1n) is 8.28. The monoisotopic (exact) mass is 474 g/mol. The zero-order valence-corrected chi connectivity index (χ0v) is 17.2. The van der Waals surface area contributed by atoms with Crippen molar-refractivity contribution in [3.63, 3.8) is 0 Å². The van der Waals surface area contributed by atoms with Crippen LogP contribution in [0.5, 0.6) is 0 Å². The van der Waals surface area contributed by atoms with Crippen LogP contribution < -0.4 is 10.0 Å². The molecule has 0 spiro atoms. The molecule has 3 N–H and O–H groups in total. The predicted molar refractivity (Wildman–Crippen MR) is 113 cm³/mol. The third-order valence-electron chi connectivity index (χ3n) is 3.90. The van der Waals surface area contributed by atoms with Crippen LogP contribution in [0.25, 0.3) is 0 Å². The summed E-state index contributed by atoms with van der Waals surface area (Å²) in [5, 5.41) is 11.8. The number of carbonyl (C=O) groups is 2. The number of benzene rings is 3. The van der Waals surface area contributed by atoms with Gasteiger partial charge in [0.05, 0.1) is 5.56 Å². The number of anilines is 2. The number of aromatic carboxylic acids is 1. The Morgan fingerprint density at radius 3 is 2.07 bits per heavy atom. The van der Waals surface area contributed by atoms with E-state index in [0.29, 0.717) is 11.3 Å². The molecule has 0 unspecified atom stereocenters. The number of hydrogen-bond acceptors (Lipinski definition) is 4. The van der Waals surface area contributed by atoms with Gasteiger partial charge >= 0.3 is 5.97 Å². The normalized spacial score (nSPS) is 10.9. The molecular formula is C20H15BrN2O5S. The second-order valence-electron chi connectivity index (χ2n) is 5.95. The Kier molecular flexibility index (Phi) is 6.00. The number of amides is 1. The largest absolute Gasteiger partial charge is 0.478 e. The number of nitrogens with one attached hydrogen (secondary N) is 2. The number of carboxylic acid groups (broad SMARTS) is 1. The molecular weight excluding hydrogens is 460 g/mol. The summed E-state index contributed by atoms with van der Waals surface area (Å²) in [6, 6.07) is 18.5. The van der Waals surface area contributed by atoms with Crippen molar-refractivity contribution >= 4 is 49.2 Å². The zero-order chi connectivity index (χ0) is 21.0. The molecule has 3 aromatic rings. The van der Waals surface area contributed by atoms with Crippen molar-refractivity contribution < 1.29 is 23.1 Å². The summed E-state index contributed by atoms with van der Waals surface area (Å²) in [6.07, 6.45) is 0. The van der Waals surface area contributed by atoms with E-state index in [1.165, 1.54) is 24.3 Å². The highest BCUT2D eigenvalue weighted by Gasteiger charge is 2.20. The van der Waals surface area contributed by atoms with Crippen LogP contribution in [0.2, 0.25) is 0 Å². The van der Waals surface area contributed by atoms with Gasteiger partial charge in [-0.3, -0.25) is 9.52 Å². The lowest BCUT2D eigenvalue weighted by Crippen LogP contribution is -2.15. The van der Waals surface area contributed by atoms with Gasteiger partial charge in [0, 0.05) is 21.4 Å². The Labute approximate surface area is 175 Å². The van der Waals surface area contributed by atoms with Gasteiger partial charge in [-0.2, -0.15) is 0 Å². The molecule has 7 nitrogen and oxygen atoms in total. The summed E-state index contributed by atoms with van der Waals surface area (Å²) in [5.41, 5.74) is 1.11. The lowest BCUT2D eigenvalue weighted by atomic mass is 10.2. The van der Waals surface area contributed by atoms with E-state index in [1.807, 2.05) is 6.07 Å². The first-order valence-corrected chi connectivity index (χ1v) is 10.6. The van der Waals surface area contributed by atoms with Crippen molar-refractivity contribution in [2.45, 2.75) is 4.90 Å². The van der Waals surface area contributed by atoms with E-state index in [2.05, 4.69) is 26.0 Å². The van der Waals surface area contributed by atoms with Gasteiger partial charge in [0.15, 0.2) is 0 Å². The quantitative estimate of drug-likeness (QED) is 0.495. The van der Waals surface area contributed by atoms with E-state index in [-0.39, 0.29) is 26.5 Å². The highest BCUT2D eigenvalue weighted by Crippen LogP contribution is 2.26. The molecule has 0 aliphatic carbocycles. The summed E-state index contributed by atoms with van der Waals surface area (Å²) < 4.78 is 27.9. The Bertz CT molecular complexity index is 1160. The first-order chi connectivity index (χ1) is 13.8. The Hall–Kier alpha value is -3.17. The van der Waals surface area contributed by atoms with Crippen molar-refractivity contribution in [2.24, 2.45) is 0 Å². The van der Waals surface area contributed by atoms with Gasteiger partial charge in [0.25, 0.3) is 15.9 Å². The molecule has 0 aromatic heterocycles. The van der Waals surface area contributed by atoms with Crippen molar-refractivity contribution in [3.8, 4) is 0 Å². The van der Waals surface area contributed by atoms with Crippen molar-refractivity contribution in [1.82, 2.24) is 0 Å². The molecule has 0 atom stereocenters. The average Bonchev–Trinajstić information content (AvgIpc) is 2.70. The van der Waals surface area contributed by atoms with Crippen molar-refractivity contribution in [3.05, 3.63) is 88.4 Å². The smallest absolute Gasteiger partial charge is 0.335 e. The maximum atomic E-state index is 12.6. The lowest BCUT2D eigenvalue weighted by molar-refractivity contribution is 0.0696. The van der Waals surface area contributed by atoms with Gasteiger partial charge < -0.3 is 10.4 Å². The van der Waals surface area contributed by atoms with E-state index in [9.17, 15) is 18.0 Å². The van der Waals surface area contributed by atoms with Gasteiger partial charge in [0.1, 0.15) is 4.90 Å². The second-order valence-corrected chi connectivity index (χ2v) is 8.46. The van der Waals surface area contributed by atoms with Gasteiger partial charge in [-0.05, 0) is 70.5 Å². The highest BCUT2D eigenvalue weighted by molar-refractivity contribution is 9.10. The molecule has 148 valence electrons. The maximum Gasteiger partial charge on any atom is 0.335 e. The van der Waals surface area contributed by atoms with Crippen LogP contribution in [0.3, 0.4) is 0 Å². The van der Waals surface area contributed by atoms with Gasteiger partial charge in [-0.15, -0.1) is 0 Å². The number of halogens is 1. The molecule has 0 aliphatic rings. The first kappa shape index (κ1) is 20.6. The van der Waals surface area contributed by atoms with Crippen LogP contribution in [0.15, 0.2) is 82.2 Å². The minimum Gasteiger partial charge on any atom is -0.478 e. The number of carboxylic acids is 1. The van der Waals surface area contributed by atoms with Crippen molar-refractivity contribution in [2.75, 3.05) is 10.0 Å². The standard InChI is InChI=1S/C20H15BrN2O5S/c21-17-11-6-14(20(25)26)12-18(17)29(27,28)23-16-9-7-15(8-10-16)22-19(24)13-4-2-1-3-5-13/h1-12,23H,(H,22,24)(H,25,26). The highest BCUT2D eigenvalue weighted by atomic mass is 79.9. The van der Waals surface area contributed by atoms with Crippen LogP contribution in [0.4, 0.5) is 11.4 Å². The predicted octanol–water partition coefficient (Wildman–Crippen LogP) is 4.20. The Balaban J connectivity index is 1.76. The van der Waals surface area contributed by atoms with E-state index < -0.39 is 16.0 Å². The van der Waals surface area contributed by atoms with Gasteiger partial charge in [0.2, 0.25) is 0 Å². The lowest BCUT2D eigenvalue weighted by Gasteiger charge is -2.11. The molecule has 29 heavy (non-hydrogen) atoms. The molecule has 0 saturated heterocycles. The fourth-order valence-corrected chi connectivity index (χ4v) is 4.52. The fourth-order valence-electron chi connectivity index (χ4n) is 2.47. The molecule has 3 aromatic carbocycles. The molecule has 0 heterocycles. The molecule has 0 radical (unpaired) electrons. The molecule has 0 saturated carbocycles. The number of hydrogen-bond donors (Lipinski definition) is 3. The molecule has 0 fully saturated rings. The van der Waals surface area contributed by atoms with Crippen LogP contribution in [0, 0.1) is 0 Å². The minimum absolute atomic E-state index is 0.146. The molecule has 3 rings (SSSR count). The van der Waals surface area contributed by atoms with Crippen LogP contribution >= 0.6 is 15.9 Å². The van der Waals surface area contributed by atoms with E-state index >= 15 is 0 Å². The van der Waals surface area contributed by atoms with Crippen LogP contribution in [-0.4, -0.2) is 25.4 Å². The van der Waals surface area contributed by atoms with E-state index in [4.69, 9.17) is 5.11 Å². The minimum atomic E-state index is -4.03. The maximum absolute atomic E-state index is 12.6. The summed E-state index contributed by atoms with van der Waals surface area (Å²) in [7, 11) is -4.03. The summed E-state index contributed by atoms with van der Waals surface area (Å²) in [4.78, 5) is 23.1. The Morgan fingerprint density at radius 1 is 0.828 bits per heavy atom. The number of sulfonamides is 1. The van der Waals surface area contributed by atoms with Crippen molar-refractivity contribution in [1.29, 1.82) is 0 Å². The van der Waals surface area contributed by atoms with Gasteiger partial charge in [-0.25, -0.2) is 13.2 Å². The second kappa shape index (κ2) is 8.46. The van der Waals surface area contributed by atoms with E-state index in [1.54, 1.807) is 36.4 Å². The summed E-state index contributed by atoms with van der Waals surface area (Å²) in [6.45, 7) is 0. The molecule has 0 bridgehead atoms. The summed E-state index contributed by atoms with van der Waals surface area (Å²) >= 11 is 3.13. The topological polar surface area (TPSA) is 113 Å². The molecule has 1 amide bonds. The molecule has 9 heteroatoms. The molecule has 0 aliphatic heterocycles. The van der Waals surface area contributed by atoms with Crippen LogP contribution in [0.1, 0.15) is 20.7 Å². The Morgan fingerprint density at radius 2 is 1.45 bits per heavy atom. The average molecular weight is 475 g/mol. The summed E-state index contributed by atoms with van der Waals surface area (Å²) in [5.74, 6) is -1.51. The van der Waals surface area contributed by atoms with E-state index in [0.717, 1.165) is 6.07 Å². The van der Waals surface area contributed by atoms with Gasteiger partial charge in [-0.1, -0.05) is 18.2 Å². The third-order valence-corrected chi connectivity index (χ3v) is 6.27. The zero-order valence-electron chi connectivity index (χ0n) is 14.8. The SMILES string of the molecule is O=C(O)c1ccc(Br)c(S(=O)(=O)Nc2ccc(NC(=O)c3ccccc3)cc2)c1. The van der Waals surface area contributed by atoms with Crippen LogP contribution in [-0.2, 0) is 10.0 Å². The number of rotatable bonds is 6. The fraction of sp³-hybridized carbons (Fsp3) is 0.